The summed E-state index contributed by atoms with van der Waals surface area (Å²) in [5, 5.41) is 1.79. The first kappa shape index (κ1) is 7.73. The molecule has 0 bridgehead atoms. The molecule has 11 heavy (non-hydrogen) atoms. The first-order valence-corrected chi connectivity index (χ1v) is 4.49. The van der Waals surface area contributed by atoms with E-state index in [4.69, 9.17) is 0 Å². The van der Waals surface area contributed by atoms with Gasteiger partial charge in [0, 0.05) is 24.3 Å². The Morgan fingerprint density at radius 3 is 2.09 bits per heavy atom. The highest BCUT2D eigenvalue weighted by Gasteiger charge is 2.62. The fourth-order valence-corrected chi connectivity index (χ4v) is 2.94. The molecule has 5 heteroatoms. The number of rotatable bonds is 0. The lowest BCUT2D eigenvalue weighted by Gasteiger charge is -2.55. The third kappa shape index (κ3) is 0.973. The van der Waals surface area contributed by atoms with Crippen molar-refractivity contribution in [3.05, 3.63) is 0 Å². The van der Waals surface area contributed by atoms with E-state index in [0.717, 1.165) is 11.8 Å². The largest absolute Gasteiger partial charge is 0.401 e. The molecule has 1 atom stereocenters. The van der Waals surface area contributed by atoms with Crippen molar-refractivity contribution in [3.8, 4) is 0 Å². The molecule has 2 fully saturated rings. The van der Waals surface area contributed by atoms with Crippen LogP contribution in [-0.2, 0) is 0 Å². The molecule has 0 aromatic rings. The van der Waals surface area contributed by atoms with E-state index in [1.165, 1.54) is 0 Å². The fraction of sp³-hybridized carbons (Fsp3) is 1.00. The van der Waals surface area contributed by atoms with E-state index in [1.54, 1.807) is 0 Å². The Hall–Kier alpha value is 0.1000. The van der Waals surface area contributed by atoms with Gasteiger partial charge in [0.2, 0.25) is 0 Å². The van der Waals surface area contributed by atoms with Crippen LogP contribution in [-0.4, -0.2) is 30.3 Å². The van der Waals surface area contributed by atoms with Gasteiger partial charge in [0.15, 0.2) is 0 Å². The zero-order valence-electron chi connectivity index (χ0n) is 5.74. The van der Waals surface area contributed by atoms with Crippen LogP contribution in [0.25, 0.3) is 0 Å². The zero-order chi connectivity index (χ0) is 8.11. The molecule has 1 nitrogen and oxygen atoms in total. The summed E-state index contributed by atoms with van der Waals surface area (Å²) in [6.45, 7) is 1.09. The Balaban J connectivity index is 2.06. The Bertz CT molecular complexity index is 170. The molecule has 1 N–H and O–H groups in total. The molecule has 0 aromatic heterocycles. The SMILES string of the molecule is FC(F)(F)C1SCC12CNC2. The fourth-order valence-electron chi connectivity index (χ4n) is 1.58. The maximum Gasteiger partial charge on any atom is 0.401 e. The van der Waals surface area contributed by atoms with E-state index in [9.17, 15) is 13.2 Å². The summed E-state index contributed by atoms with van der Waals surface area (Å²) in [4.78, 5) is 0. The molecule has 0 amide bonds. The van der Waals surface area contributed by atoms with Gasteiger partial charge in [-0.1, -0.05) is 0 Å². The molecule has 1 spiro atoms. The van der Waals surface area contributed by atoms with Gasteiger partial charge in [0.1, 0.15) is 5.25 Å². The van der Waals surface area contributed by atoms with Crippen LogP contribution < -0.4 is 5.32 Å². The van der Waals surface area contributed by atoms with Gasteiger partial charge in [-0.15, -0.1) is 11.8 Å². The van der Waals surface area contributed by atoms with E-state index in [2.05, 4.69) is 5.32 Å². The minimum absolute atomic E-state index is 0.428. The lowest BCUT2D eigenvalue weighted by Crippen LogP contribution is -2.69. The van der Waals surface area contributed by atoms with Gasteiger partial charge < -0.3 is 5.32 Å². The van der Waals surface area contributed by atoms with Crippen molar-refractivity contribution in [1.82, 2.24) is 5.32 Å². The van der Waals surface area contributed by atoms with Gasteiger partial charge in [-0.05, 0) is 0 Å². The first-order valence-electron chi connectivity index (χ1n) is 3.44. The molecular formula is C6H8F3NS. The number of hydrogen-bond acceptors (Lipinski definition) is 2. The van der Waals surface area contributed by atoms with Crippen molar-refractivity contribution < 1.29 is 13.2 Å². The maximum atomic E-state index is 12.2. The Morgan fingerprint density at radius 2 is 2.00 bits per heavy atom. The molecule has 0 radical (unpaired) electrons. The van der Waals surface area contributed by atoms with Gasteiger partial charge in [0.05, 0.1) is 0 Å². The maximum absolute atomic E-state index is 12.2. The Labute approximate surface area is 66.7 Å². The summed E-state index contributed by atoms with van der Waals surface area (Å²) in [7, 11) is 0. The summed E-state index contributed by atoms with van der Waals surface area (Å²) in [5.41, 5.74) is -0.428. The first-order chi connectivity index (χ1) is 5.05. The third-order valence-corrected chi connectivity index (χ3v) is 4.19. The van der Waals surface area contributed by atoms with E-state index < -0.39 is 16.8 Å². The summed E-state index contributed by atoms with van der Waals surface area (Å²) < 4.78 is 36.5. The predicted octanol–water partition coefficient (Wildman–Crippen LogP) is 1.25. The molecule has 2 saturated heterocycles. The highest BCUT2D eigenvalue weighted by molar-refractivity contribution is 8.01. The van der Waals surface area contributed by atoms with Gasteiger partial charge >= 0.3 is 6.18 Å². The number of hydrogen-bond donors (Lipinski definition) is 1. The monoisotopic (exact) mass is 183 g/mol. The van der Waals surface area contributed by atoms with Crippen molar-refractivity contribution in [2.75, 3.05) is 18.8 Å². The summed E-state index contributed by atoms with van der Waals surface area (Å²) in [5.74, 6) is 0.671. The van der Waals surface area contributed by atoms with E-state index in [-0.39, 0.29) is 0 Å². The van der Waals surface area contributed by atoms with Crippen LogP contribution in [0.5, 0.6) is 0 Å². The van der Waals surface area contributed by atoms with E-state index in [0.29, 0.717) is 18.8 Å². The average Bonchev–Trinajstić information content (AvgIpc) is 1.49. The van der Waals surface area contributed by atoms with Crippen molar-refractivity contribution in [2.45, 2.75) is 11.4 Å². The Morgan fingerprint density at radius 1 is 1.36 bits per heavy atom. The minimum atomic E-state index is -4.00. The van der Waals surface area contributed by atoms with Crippen molar-refractivity contribution >= 4 is 11.8 Å². The second kappa shape index (κ2) is 2.07. The molecule has 0 aromatic carbocycles. The molecule has 1 unspecified atom stereocenters. The lowest BCUT2D eigenvalue weighted by atomic mass is 9.79. The summed E-state index contributed by atoms with van der Waals surface area (Å²) in [6, 6.07) is 0. The van der Waals surface area contributed by atoms with E-state index in [1.807, 2.05) is 0 Å². The highest BCUT2D eigenvalue weighted by atomic mass is 32.2. The number of nitrogens with one attached hydrogen (secondary N) is 1. The number of thioether (sulfide) groups is 1. The van der Waals surface area contributed by atoms with Crippen LogP contribution in [0.3, 0.4) is 0 Å². The van der Waals surface area contributed by atoms with Crippen LogP contribution in [0.1, 0.15) is 0 Å². The van der Waals surface area contributed by atoms with Crippen molar-refractivity contribution in [2.24, 2.45) is 5.41 Å². The third-order valence-electron chi connectivity index (χ3n) is 2.35. The van der Waals surface area contributed by atoms with Crippen molar-refractivity contribution in [3.63, 3.8) is 0 Å². The molecule has 2 aliphatic heterocycles. The molecule has 2 heterocycles. The molecule has 0 saturated carbocycles. The number of alkyl halides is 3. The normalized spacial score (nSPS) is 34.6. The highest BCUT2D eigenvalue weighted by Crippen LogP contribution is 2.55. The van der Waals surface area contributed by atoms with Gasteiger partial charge in [-0.2, -0.15) is 13.2 Å². The average molecular weight is 183 g/mol. The standard InChI is InChI=1S/C6H8F3NS/c7-6(8,9)4-5(3-11-4)1-10-2-5/h4,10H,1-3H2. The minimum Gasteiger partial charge on any atom is -0.315 e. The van der Waals surface area contributed by atoms with Gasteiger partial charge in [-0.25, -0.2) is 0 Å². The summed E-state index contributed by atoms with van der Waals surface area (Å²) >= 11 is 1.03. The topological polar surface area (TPSA) is 12.0 Å². The zero-order valence-corrected chi connectivity index (χ0v) is 6.56. The molecule has 2 aliphatic rings. The molecule has 64 valence electrons. The van der Waals surface area contributed by atoms with Crippen LogP contribution in [0.15, 0.2) is 0 Å². The smallest absolute Gasteiger partial charge is 0.315 e. The molecule has 0 aliphatic carbocycles. The van der Waals surface area contributed by atoms with Gasteiger partial charge in [-0.3, -0.25) is 0 Å². The van der Waals surface area contributed by atoms with Crippen LogP contribution in [0, 0.1) is 5.41 Å². The van der Waals surface area contributed by atoms with E-state index >= 15 is 0 Å². The lowest BCUT2D eigenvalue weighted by molar-refractivity contribution is -0.159. The van der Waals surface area contributed by atoms with Crippen LogP contribution in [0.4, 0.5) is 13.2 Å². The molecular weight excluding hydrogens is 175 g/mol. The van der Waals surface area contributed by atoms with Crippen LogP contribution in [0.2, 0.25) is 0 Å². The second-order valence-electron chi connectivity index (χ2n) is 3.20. The van der Waals surface area contributed by atoms with Crippen LogP contribution >= 0.6 is 11.8 Å². The number of halogens is 3. The second-order valence-corrected chi connectivity index (χ2v) is 4.29. The van der Waals surface area contributed by atoms with Gasteiger partial charge in [0.25, 0.3) is 0 Å². The Kier molecular flexibility index (Phi) is 1.46. The quantitative estimate of drug-likeness (QED) is 0.606. The molecule has 2 rings (SSSR count). The summed E-state index contributed by atoms with van der Waals surface area (Å²) in [6.07, 6.45) is -4.00. The predicted molar refractivity (Wildman–Crippen MR) is 37.6 cm³/mol. The van der Waals surface area contributed by atoms with Crippen molar-refractivity contribution in [1.29, 1.82) is 0 Å².